The second-order valence-corrected chi connectivity index (χ2v) is 5.50. The van der Waals surface area contributed by atoms with Gasteiger partial charge in [0.2, 0.25) is 0 Å². The zero-order valence-electron chi connectivity index (χ0n) is 12.9. The predicted molar refractivity (Wildman–Crippen MR) is 89.0 cm³/mol. The van der Waals surface area contributed by atoms with E-state index in [4.69, 9.17) is 22.1 Å². The Labute approximate surface area is 143 Å². The van der Waals surface area contributed by atoms with Gasteiger partial charge in [0, 0.05) is 17.3 Å². The van der Waals surface area contributed by atoms with E-state index in [-0.39, 0.29) is 17.8 Å². The van der Waals surface area contributed by atoms with Crippen LogP contribution in [-0.2, 0) is 16.1 Å². The maximum absolute atomic E-state index is 13.0. The molecule has 0 heterocycles. The van der Waals surface area contributed by atoms with Crippen molar-refractivity contribution in [3.05, 3.63) is 64.4 Å². The molecule has 0 fully saturated rings. The van der Waals surface area contributed by atoms with Crippen molar-refractivity contribution in [3.8, 4) is 0 Å². The van der Waals surface area contributed by atoms with Gasteiger partial charge in [0.15, 0.2) is 6.10 Å². The largest absolute Gasteiger partial charge is 0.449 e. The van der Waals surface area contributed by atoms with Crippen molar-refractivity contribution in [3.63, 3.8) is 0 Å². The molecule has 0 aliphatic rings. The zero-order chi connectivity index (χ0) is 17.7. The number of nitrogens with two attached hydrogens (primary N) is 1. The number of carbonyl (C=O) groups excluding carboxylic acids is 2. The molecule has 2 aromatic carbocycles. The summed E-state index contributed by atoms with van der Waals surface area (Å²) in [5.74, 6) is -1.84. The number of hydrogen-bond acceptors (Lipinski definition) is 4. The van der Waals surface area contributed by atoms with Gasteiger partial charge in [0.05, 0.1) is 5.56 Å². The molecule has 2 aromatic rings. The van der Waals surface area contributed by atoms with Crippen LogP contribution in [0.15, 0.2) is 42.5 Å². The average molecular weight is 351 g/mol. The van der Waals surface area contributed by atoms with E-state index in [1.54, 1.807) is 24.3 Å². The zero-order valence-corrected chi connectivity index (χ0v) is 13.6. The van der Waals surface area contributed by atoms with E-state index < -0.39 is 23.8 Å². The fourth-order valence-electron chi connectivity index (χ4n) is 1.96. The number of nitrogen functional groups attached to an aromatic ring is 1. The maximum Gasteiger partial charge on any atom is 0.341 e. The lowest BCUT2D eigenvalue weighted by atomic mass is 10.2. The Hall–Kier alpha value is -2.60. The van der Waals surface area contributed by atoms with Crippen LogP contribution < -0.4 is 11.1 Å². The van der Waals surface area contributed by atoms with Crippen molar-refractivity contribution in [2.45, 2.75) is 19.6 Å². The summed E-state index contributed by atoms with van der Waals surface area (Å²) < 4.78 is 18.0. The summed E-state index contributed by atoms with van der Waals surface area (Å²) in [6.45, 7) is 1.64. The molecule has 1 amide bonds. The molecule has 0 bridgehead atoms. The minimum absolute atomic E-state index is 0.00199. The molecule has 3 N–H and O–H groups in total. The number of carbonyl (C=O) groups is 2. The molecule has 1 atom stereocenters. The molecule has 0 spiro atoms. The van der Waals surface area contributed by atoms with Crippen LogP contribution in [0.4, 0.5) is 10.1 Å². The molecule has 0 saturated heterocycles. The van der Waals surface area contributed by atoms with Crippen molar-refractivity contribution in [1.82, 2.24) is 5.32 Å². The Morgan fingerprint density at radius 3 is 2.67 bits per heavy atom. The van der Waals surface area contributed by atoms with Gasteiger partial charge in [-0.05, 0) is 36.8 Å². The highest BCUT2D eigenvalue weighted by Gasteiger charge is 2.20. The van der Waals surface area contributed by atoms with Crippen LogP contribution in [0.1, 0.15) is 22.8 Å². The predicted octanol–water partition coefficient (Wildman–Crippen LogP) is 2.92. The molecule has 0 saturated carbocycles. The first kappa shape index (κ1) is 17.7. The first-order valence-corrected chi connectivity index (χ1v) is 7.53. The topological polar surface area (TPSA) is 81.4 Å². The number of anilines is 1. The van der Waals surface area contributed by atoms with Crippen molar-refractivity contribution in [1.29, 1.82) is 0 Å². The number of esters is 1. The molecule has 7 heteroatoms. The SMILES string of the molecule is CC(OC(=O)c1ccc(F)cc1N)C(=O)NCc1ccccc1Cl. The van der Waals surface area contributed by atoms with E-state index in [9.17, 15) is 14.0 Å². The number of benzene rings is 2. The van der Waals surface area contributed by atoms with Crippen molar-refractivity contribution in [2.24, 2.45) is 0 Å². The number of amides is 1. The highest BCUT2D eigenvalue weighted by molar-refractivity contribution is 6.31. The van der Waals surface area contributed by atoms with E-state index in [0.29, 0.717) is 5.02 Å². The van der Waals surface area contributed by atoms with Crippen molar-refractivity contribution in [2.75, 3.05) is 5.73 Å². The lowest BCUT2D eigenvalue weighted by Gasteiger charge is -2.14. The Balaban J connectivity index is 1.93. The molecular formula is C17H16ClFN2O3. The summed E-state index contributed by atoms with van der Waals surface area (Å²) in [6.07, 6.45) is -1.04. The summed E-state index contributed by atoms with van der Waals surface area (Å²) >= 11 is 6.00. The summed E-state index contributed by atoms with van der Waals surface area (Å²) in [6, 6.07) is 10.4. The fraction of sp³-hybridized carbons (Fsp3) is 0.176. The van der Waals surface area contributed by atoms with Crippen LogP contribution in [0.25, 0.3) is 0 Å². The van der Waals surface area contributed by atoms with Gasteiger partial charge in [0.1, 0.15) is 5.82 Å². The van der Waals surface area contributed by atoms with Gasteiger partial charge in [-0.15, -0.1) is 0 Å². The third-order valence-corrected chi connectivity index (χ3v) is 3.67. The normalized spacial score (nSPS) is 11.6. The average Bonchev–Trinajstić information content (AvgIpc) is 2.53. The molecule has 0 radical (unpaired) electrons. The molecule has 0 aliphatic heterocycles. The van der Waals surface area contributed by atoms with Crippen LogP contribution in [0, 0.1) is 5.82 Å². The number of hydrogen-bond donors (Lipinski definition) is 2. The summed E-state index contributed by atoms with van der Waals surface area (Å²) in [4.78, 5) is 24.0. The lowest BCUT2D eigenvalue weighted by Crippen LogP contribution is -2.35. The first-order valence-electron chi connectivity index (χ1n) is 7.15. The molecular weight excluding hydrogens is 335 g/mol. The van der Waals surface area contributed by atoms with E-state index in [1.165, 1.54) is 13.0 Å². The second kappa shape index (κ2) is 7.79. The Kier molecular flexibility index (Phi) is 5.76. The van der Waals surface area contributed by atoms with Crippen LogP contribution in [0.5, 0.6) is 0 Å². The van der Waals surface area contributed by atoms with E-state index in [1.807, 2.05) is 0 Å². The maximum atomic E-state index is 13.0. The van der Waals surface area contributed by atoms with Crippen LogP contribution in [-0.4, -0.2) is 18.0 Å². The smallest absolute Gasteiger partial charge is 0.341 e. The first-order chi connectivity index (χ1) is 11.4. The highest BCUT2D eigenvalue weighted by Crippen LogP contribution is 2.16. The van der Waals surface area contributed by atoms with Gasteiger partial charge in [-0.1, -0.05) is 29.8 Å². The van der Waals surface area contributed by atoms with Gasteiger partial charge in [-0.3, -0.25) is 4.79 Å². The standard InChI is InChI=1S/C17H16ClFN2O3/c1-10(16(22)21-9-11-4-2-3-5-14(11)18)24-17(23)13-7-6-12(19)8-15(13)20/h2-8,10H,9,20H2,1H3,(H,21,22). The third-order valence-electron chi connectivity index (χ3n) is 3.30. The van der Waals surface area contributed by atoms with Gasteiger partial charge in [0.25, 0.3) is 5.91 Å². The van der Waals surface area contributed by atoms with Gasteiger partial charge in [-0.2, -0.15) is 0 Å². The van der Waals surface area contributed by atoms with Crippen LogP contribution >= 0.6 is 11.6 Å². The van der Waals surface area contributed by atoms with Gasteiger partial charge in [-0.25, -0.2) is 9.18 Å². The number of rotatable bonds is 5. The highest BCUT2D eigenvalue weighted by atomic mass is 35.5. The molecule has 24 heavy (non-hydrogen) atoms. The van der Waals surface area contributed by atoms with Gasteiger partial charge >= 0.3 is 5.97 Å². The lowest BCUT2D eigenvalue weighted by molar-refractivity contribution is -0.129. The minimum atomic E-state index is -1.04. The van der Waals surface area contributed by atoms with E-state index in [2.05, 4.69) is 5.32 Å². The van der Waals surface area contributed by atoms with Crippen molar-refractivity contribution >= 4 is 29.2 Å². The number of nitrogens with one attached hydrogen (secondary N) is 1. The molecule has 2 rings (SSSR count). The monoisotopic (exact) mass is 350 g/mol. The molecule has 126 valence electrons. The van der Waals surface area contributed by atoms with E-state index in [0.717, 1.165) is 17.7 Å². The Morgan fingerprint density at radius 2 is 2.00 bits per heavy atom. The van der Waals surface area contributed by atoms with Crippen LogP contribution in [0.2, 0.25) is 5.02 Å². The summed E-state index contributed by atoms with van der Waals surface area (Å²) in [5, 5.41) is 3.16. The third kappa shape index (κ3) is 4.45. The number of halogens is 2. The molecule has 0 aromatic heterocycles. The second-order valence-electron chi connectivity index (χ2n) is 5.09. The quantitative estimate of drug-likeness (QED) is 0.641. The van der Waals surface area contributed by atoms with Crippen molar-refractivity contribution < 1.29 is 18.7 Å². The molecule has 5 nitrogen and oxygen atoms in total. The Morgan fingerprint density at radius 1 is 1.29 bits per heavy atom. The Bertz CT molecular complexity index is 767. The summed E-state index contributed by atoms with van der Waals surface area (Å²) in [5.41, 5.74) is 6.26. The fourth-order valence-corrected chi connectivity index (χ4v) is 2.17. The summed E-state index contributed by atoms with van der Waals surface area (Å²) in [7, 11) is 0. The van der Waals surface area contributed by atoms with Gasteiger partial charge < -0.3 is 15.8 Å². The minimum Gasteiger partial charge on any atom is -0.449 e. The van der Waals surface area contributed by atoms with E-state index >= 15 is 0 Å². The molecule has 1 unspecified atom stereocenters. The molecule has 0 aliphatic carbocycles. The van der Waals surface area contributed by atoms with Crippen LogP contribution in [0.3, 0.4) is 0 Å². The number of ether oxygens (including phenoxy) is 1.